The molecule has 1 rings (SSSR count). The molecule has 11 heavy (non-hydrogen) atoms. The van der Waals surface area contributed by atoms with E-state index in [1.54, 1.807) is 0 Å². The van der Waals surface area contributed by atoms with Crippen molar-refractivity contribution < 1.29 is 4.74 Å². The van der Waals surface area contributed by atoms with Gasteiger partial charge in [-0.1, -0.05) is 6.58 Å². The van der Waals surface area contributed by atoms with Crippen LogP contribution in [0.15, 0.2) is 12.3 Å². The van der Waals surface area contributed by atoms with Crippen molar-refractivity contribution in [2.45, 2.75) is 38.8 Å². The van der Waals surface area contributed by atoms with E-state index in [0.29, 0.717) is 6.04 Å². The molecule has 0 spiro atoms. The van der Waals surface area contributed by atoms with E-state index in [9.17, 15) is 0 Å². The minimum atomic E-state index is 0.00810. The highest BCUT2D eigenvalue weighted by molar-refractivity contribution is 5.12. The Morgan fingerprint density at radius 3 is 2.64 bits per heavy atom. The fourth-order valence-corrected chi connectivity index (χ4v) is 1.47. The zero-order chi connectivity index (χ0) is 8.48. The van der Waals surface area contributed by atoms with Gasteiger partial charge in [-0.15, -0.1) is 0 Å². The molecule has 0 radical (unpaired) electrons. The number of ether oxygens (including phenoxy) is 1. The smallest absolute Gasteiger partial charge is 0.109 e. The van der Waals surface area contributed by atoms with Gasteiger partial charge >= 0.3 is 0 Å². The number of hydrogen-bond donors (Lipinski definition) is 1. The first-order valence-electron chi connectivity index (χ1n) is 4.14. The average Bonchev–Trinajstić information content (AvgIpc) is 2.11. The topological polar surface area (TPSA) is 21.3 Å². The monoisotopic (exact) mass is 155 g/mol. The number of rotatable bonds is 2. The first-order valence-corrected chi connectivity index (χ1v) is 4.14. The summed E-state index contributed by atoms with van der Waals surface area (Å²) in [6, 6.07) is 0.485. The Bertz CT molecular complexity index is 165. The number of hydrogen-bond acceptors (Lipinski definition) is 2. The summed E-state index contributed by atoms with van der Waals surface area (Å²) in [6.45, 7) is 11.1. The van der Waals surface area contributed by atoms with E-state index >= 15 is 0 Å². The SMILES string of the molecule is C=C1OCCC1(C)NC(C)C. The standard InChI is InChI=1S/C9H17NO/c1-7(2)10-9(4)5-6-11-8(9)3/h7,10H,3,5-6H2,1-2,4H3. The summed E-state index contributed by atoms with van der Waals surface area (Å²) in [5.41, 5.74) is 0.00810. The van der Waals surface area contributed by atoms with Crippen molar-refractivity contribution >= 4 is 0 Å². The lowest BCUT2D eigenvalue weighted by Gasteiger charge is -2.26. The maximum absolute atomic E-state index is 5.31. The third kappa shape index (κ3) is 1.74. The third-order valence-corrected chi connectivity index (χ3v) is 2.10. The molecule has 0 amide bonds. The Morgan fingerprint density at radius 1 is 1.64 bits per heavy atom. The van der Waals surface area contributed by atoms with Gasteiger partial charge < -0.3 is 10.1 Å². The van der Waals surface area contributed by atoms with Crippen molar-refractivity contribution in [3.63, 3.8) is 0 Å². The molecule has 0 bridgehead atoms. The normalized spacial score (nSPS) is 31.1. The summed E-state index contributed by atoms with van der Waals surface area (Å²) < 4.78 is 5.31. The molecule has 1 saturated heterocycles. The van der Waals surface area contributed by atoms with Crippen LogP contribution in [0.2, 0.25) is 0 Å². The van der Waals surface area contributed by atoms with Gasteiger partial charge in [0, 0.05) is 12.5 Å². The van der Waals surface area contributed by atoms with Gasteiger partial charge in [0.25, 0.3) is 0 Å². The fraction of sp³-hybridized carbons (Fsp3) is 0.778. The zero-order valence-corrected chi connectivity index (χ0v) is 7.61. The van der Waals surface area contributed by atoms with Gasteiger partial charge in [0.1, 0.15) is 5.76 Å². The molecular formula is C9H17NO. The maximum atomic E-state index is 5.31. The molecule has 2 nitrogen and oxygen atoms in total. The van der Waals surface area contributed by atoms with Crippen LogP contribution in [0.5, 0.6) is 0 Å². The molecule has 1 atom stereocenters. The first kappa shape index (κ1) is 8.60. The predicted octanol–water partition coefficient (Wildman–Crippen LogP) is 1.68. The van der Waals surface area contributed by atoms with Crippen LogP contribution in [0.25, 0.3) is 0 Å². The van der Waals surface area contributed by atoms with Crippen molar-refractivity contribution in [1.29, 1.82) is 0 Å². The van der Waals surface area contributed by atoms with Crippen LogP contribution in [0.3, 0.4) is 0 Å². The highest BCUT2D eigenvalue weighted by atomic mass is 16.5. The quantitative estimate of drug-likeness (QED) is 0.655. The molecule has 1 heterocycles. The van der Waals surface area contributed by atoms with Crippen molar-refractivity contribution in [3.8, 4) is 0 Å². The molecular weight excluding hydrogens is 138 g/mol. The van der Waals surface area contributed by atoms with E-state index < -0.39 is 0 Å². The van der Waals surface area contributed by atoms with E-state index in [1.807, 2.05) is 0 Å². The summed E-state index contributed by atoms with van der Waals surface area (Å²) >= 11 is 0. The molecule has 1 unspecified atom stereocenters. The predicted molar refractivity (Wildman–Crippen MR) is 46.4 cm³/mol. The molecule has 0 aromatic rings. The van der Waals surface area contributed by atoms with Crippen LogP contribution < -0.4 is 5.32 Å². The molecule has 0 saturated carbocycles. The Kier molecular flexibility index (Phi) is 2.23. The summed E-state index contributed by atoms with van der Waals surface area (Å²) in [7, 11) is 0. The summed E-state index contributed by atoms with van der Waals surface area (Å²) in [4.78, 5) is 0. The molecule has 1 aliphatic heterocycles. The van der Waals surface area contributed by atoms with Crippen LogP contribution in [0.1, 0.15) is 27.2 Å². The van der Waals surface area contributed by atoms with Crippen LogP contribution in [-0.2, 0) is 4.74 Å². The second-order valence-corrected chi connectivity index (χ2v) is 3.65. The first-order chi connectivity index (χ1) is 5.04. The van der Waals surface area contributed by atoms with Crippen LogP contribution in [-0.4, -0.2) is 18.2 Å². The van der Waals surface area contributed by atoms with E-state index in [2.05, 4.69) is 32.7 Å². The van der Waals surface area contributed by atoms with Crippen molar-refractivity contribution in [1.82, 2.24) is 5.32 Å². The van der Waals surface area contributed by atoms with Gasteiger partial charge in [0.2, 0.25) is 0 Å². The van der Waals surface area contributed by atoms with Crippen molar-refractivity contribution in [2.75, 3.05) is 6.61 Å². The lowest BCUT2D eigenvalue weighted by Crippen LogP contribution is -2.45. The largest absolute Gasteiger partial charge is 0.497 e. The summed E-state index contributed by atoms with van der Waals surface area (Å²) in [5.74, 6) is 0.881. The van der Waals surface area contributed by atoms with E-state index in [-0.39, 0.29) is 5.54 Å². The lowest BCUT2D eigenvalue weighted by atomic mass is 9.98. The third-order valence-electron chi connectivity index (χ3n) is 2.10. The molecule has 0 aliphatic carbocycles. The molecule has 0 aromatic heterocycles. The zero-order valence-electron chi connectivity index (χ0n) is 7.61. The maximum Gasteiger partial charge on any atom is 0.109 e. The fourth-order valence-electron chi connectivity index (χ4n) is 1.47. The van der Waals surface area contributed by atoms with Gasteiger partial charge in [-0.25, -0.2) is 0 Å². The highest BCUT2D eigenvalue weighted by Gasteiger charge is 2.34. The van der Waals surface area contributed by atoms with E-state index in [4.69, 9.17) is 4.74 Å². The second kappa shape index (κ2) is 2.86. The molecule has 1 N–H and O–H groups in total. The molecule has 0 aromatic carbocycles. The minimum Gasteiger partial charge on any atom is -0.497 e. The van der Waals surface area contributed by atoms with Crippen LogP contribution in [0, 0.1) is 0 Å². The van der Waals surface area contributed by atoms with E-state index in [0.717, 1.165) is 18.8 Å². The van der Waals surface area contributed by atoms with Crippen LogP contribution in [0.4, 0.5) is 0 Å². The molecule has 2 heteroatoms. The van der Waals surface area contributed by atoms with Gasteiger partial charge in [-0.2, -0.15) is 0 Å². The Hall–Kier alpha value is -0.500. The van der Waals surface area contributed by atoms with Gasteiger partial charge in [-0.05, 0) is 20.8 Å². The number of nitrogens with one attached hydrogen (secondary N) is 1. The van der Waals surface area contributed by atoms with Crippen molar-refractivity contribution in [2.24, 2.45) is 0 Å². The van der Waals surface area contributed by atoms with Gasteiger partial charge in [0.15, 0.2) is 0 Å². The lowest BCUT2D eigenvalue weighted by molar-refractivity contribution is 0.251. The minimum absolute atomic E-state index is 0.00810. The Labute approximate surface area is 68.6 Å². The Morgan fingerprint density at radius 2 is 2.27 bits per heavy atom. The average molecular weight is 155 g/mol. The van der Waals surface area contributed by atoms with Crippen molar-refractivity contribution in [3.05, 3.63) is 12.3 Å². The summed E-state index contributed by atoms with van der Waals surface area (Å²) in [5, 5.41) is 3.44. The molecule has 1 fully saturated rings. The summed E-state index contributed by atoms with van der Waals surface area (Å²) in [6.07, 6.45) is 1.03. The second-order valence-electron chi connectivity index (χ2n) is 3.65. The van der Waals surface area contributed by atoms with Crippen LogP contribution >= 0.6 is 0 Å². The molecule has 64 valence electrons. The van der Waals surface area contributed by atoms with E-state index in [1.165, 1.54) is 0 Å². The molecule has 1 aliphatic rings. The van der Waals surface area contributed by atoms with Gasteiger partial charge in [-0.3, -0.25) is 0 Å². The van der Waals surface area contributed by atoms with Gasteiger partial charge in [0.05, 0.1) is 12.1 Å². The highest BCUT2D eigenvalue weighted by Crippen LogP contribution is 2.27. The Balaban J connectivity index is 2.58.